The molecule has 0 bridgehead atoms. The van der Waals surface area contributed by atoms with Crippen molar-refractivity contribution in [3.05, 3.63) is 29.3 Å². The maximum absolute atomic E-state index is 10.9. The van der Waals surface area contributed by atoms with Crippen molar-refractivity contribution in [2.75, 3.05) is 20.2 Å². The van der Waals surface area contributed by atoms with Gasteiger partial charge in [0.25, 0.3) is 0 Å². The summed E-state index contributed by atoms with van der Waals surface area (Å²) in [5.74, 6) is 1.73. The summed E-state index contributed by atoms with van der Waals surface area (Å²) in [7, 11) is 1.68. The third-order valence-electron chi connectivity index (χ3n) is 4.02. The molecule has 1 aliphatic carbocycles. The van der Waals surface area contributed by atoms with Crippen LogP contribution in [0.2, 0.25) is 0 Å². The van der Waals surface area contributed by atoms with E-state index >= 15 is 0 Å². The molecule has 19 heavy (non-hydrogen) atoms. The van der Waals surface area contributed by atoms with E-state index in [0.29, 0.717) is 0 Å². The van der Waals surface area contributed by atoms with E-state index in [4.69, 9.17) is 4.74 Å². The van der Waals surface area contributed by atoms with Gasteiger partial charge in [0.1, 0.15) is 12.0 Å². The first-order chi connectivity index (χ1) is 9.26. The van der Waals surface area contributed by atoms with Crippen LogP contribution in [0.1, 0.15) is 42.1 Å². The topological polar surface area (TPSA) is 29.5 Å². The number of methoxy groups -OCH3 is 1. The fourth-order valence-electron chi connectivity index (χ4n) is 2.58. The van der Waals surface area contributed by atoms with E-state index < -0.39 is 0 Å². The van der Waals surface area contributed by atoms with Gasteiger partial charge in [-0.25, -0.2) is 0 Å². The highest BCUT2D eigenvalue weighted by molar-refractivity contribution is 5.75. The molecular formula is C16H23NO2. The van der Waals surface area contributed by atoms with E-state index in [9.17, 15) is 4.79 Å². The first kappa shape index (κ1) is 14.1. The van der Waals surface area contributed by atoms with Crippen LogP contribution in [0.25, 0.3) is 0 Å². The molecule has 104 valence electrons. The molecule has 0 aromatic heterocycles. The number of nitrogens with zero attached hydrogens (tertiary/aromatic N) is 1. The number of aldehydes is 1. The van der Waals surface area contributed by atoms with E-state index in [0.717, 1.165) is 48.7 Å². The summed E-state index contributed by atoms with van der Waals surface area (Å²) < 4.78 is 5.39. The van der Waals surface area contributed by atoms with Gasteiger partial charge in [-0.05, 0) is 43.5 Å². The van der Waals surface area contributed by atoms with Crippen molar-refractivity contribution in [2.45, 2.75) is 32.7 Å². The van der Waals surface area contributed by atoms with E-state index in [2.05, 4.69) is 11.8 Å². The van der Waals surface area contributed by atoms with Gasteiger partial charge in [0.2, 0.25) is 0 Å². The highest BCUT2D eigenvalue weighted by Gasteiger charge is 2.20. The van der Waals surface area contributed by atoms with Gasteiger partial charge in [0.05, 0.1) is 7.11 Å². The van der Waals surface area contributed by atoms with Crippen LogP contribution in [0.3, 0.4) is 0 Å². The molecule has 1 fully saturated rings. The van der Waals surface area contributed by atoms with Crippen LogP contribution < -0.4 is 4.74 Å². The van der Waals surface area contributed by atoms with Gasteiger partial charge in [-0.15, -0.1) is 0 Å². The Hall–Kier alpha value is -1.35. The van der Waals surface area contributed by atoms with E-state index in [1.807, 2.05) is 12.1 Å². The van der Waals surface area contributed by atoms with Crippen molar-refractivity contribution < 1.29 is 9.53 Å². The Morgan fingerprint density at radius 2 is 2.21 bits per heavy atom. The van der Waals surface area contributed by atoms with Crippen LogP contribution in [0, 0.1) is 5.92 Å². The van der Waals surface area contributed by atoms with Crippen LogP contribution in [0.4, 0.5) is 0 Å². The van der Waals surface area contributed by atoms with Crippen molar-refractivity contribution in [1.82, 2.24) is 4.90 Å². The third kappa shape index (κ3) is 3.57. The fraction of sp³-hybridized carbons (Fsp3) is 0.562. The Kier molecular flexibility index (Phi) is 4.97. The maximum atomic E-state index is 10.9. The first-order valence-corrected chi connectivity index (χ1v) is 7.11. The predicted octanol–water partition coefficient (Wildman–Crippen LogP) is 3.13. The summed E-state index contributed by atoms with van der Waals surface area (Å²) in [6.07, 6.45) is 5.00. The third-order valence-corrected chi connectivity index (χ3v) is 4.02. The Labute approximate surface area is 115 Å². The van der Waals surface area contributed by atoms with Crippen LogP contribution in [-0.4, -0.2) is 31.4 Å². The van der Waals surface area contributed by atoms with E-state index in [1.54, 1.807) is 13.2 Å². The van der Waals surface area contributed by atoms with Crippen molar-refractivity contribution >= 4 is 6.29 Å². The van der Waals surface area contributed by atoms with Gasteiger partial charge in [-0.2, -0.15) is 0 Å². The molecule has 0 aliphatic heterocycles. The molecule has 1 aromatic carbocycles. The summed E-state index contributed by atoms with van der Waals surface area (Å²) in [6, 6.07) is 5.63. The van der Waals surface area contributed by atoms with Gasteiger partial charge >= 0.3 is 0 Å². The number of carbonyl (C=O) groups excluding carboxylic acids is 1. The van der Waals surface area contributed by atoms with Crippen LogP contribution in [-0.2, 0) is 6.54 Å². The monoisotopic (exact) mass is 261 g/mol. The molecular weight excluding hydrogens is 238 g/mol. The highest BCUT2D eigenvalue weighted by atomic mass is 16.5. The Morgan fingerprint density at radius 3 is 2.74 bits per heavy atom. The summed E-state index contributed by atoms with van der Waals surface area (Å²) >= 11 is 0. The summed E-state index contributed by atoms with van der Waals surface area (Å²) in [4.78, 5) is 13.3. The number of hydrogen-bond donors (Lipinski definition) is 0. The zero-order valence-corrected chi connectivity index (χ0v) is 11.9. The smallest absolute Gasteiger partial charge is 0.150 e. The molecule has 3 nitrogen and oxygen atoms in total. The molecule has 0 saturated heterocycles. The molecule has 1 aliphatic rings. The van der Waals surface area contributed by atoms with Gasteiger partial charge in [-0.3, -0.25) is 9.69 Å². The minimum Gasteiger partial charge on any atom is -0.496 e. The second-order valence-corrected chi connectivity index (χ2v) is 5.31. The normalized spacial score (nSPS) is 15.3. The average Bonchev–Trinajstić information content (AvgIpc) is 2.41. The average molecular weight is 261 g/mol. The Bertz CT molecular complexity index is 427. The lowest BCUT2D eigenvalue weighted by molar-refractivity contribution is 0.112. The quantitative estimate of drug-likeness (QED) is 0.706. The number of carbonyl (C=O) groups is 1. The molecule has 0 unspecified atom stereocenters. The van der Waals surface area contributed by atoms with Crippen molar-refractivity contribution in [3.8, 4) is 5.75 Å². The SMILES string of the molecule is CCN(Cc1cc(C=O)ccc1OC)CC1CCC1. The lowest BCUT2D eigenvalue weighted by Crippen LogP contribution is -2.32. The second kappa shape index (κ2) is 6.71. The minimum absolute atomic E-state index is 0.718. The first-order valence-electron chi connectivity index (χ1n) is 7.11. The molecule has 0 heterocycles. The Balaban J connectivity index is 2.07. The second-order valence-electron chi connectivity index (χ2n) is 5.31. The number of hydrogen-bond acceptors (Lipinski definition) is 3. The fourth-order valence-corrected chi connectivity index (χ4v) is 2.58. The van der Waals surface area contributed by atoms with Crippen molar-refractivity contribution in [2.24, 2.45) is 5.92 Å². The zero-order valence-electron chi connectivity index (χ0n) is 11.9. The highest BCUT2D eigenvalue weighted by Crippen LogP contribution is 2.28. The minimum atomic E-state index is 0.718. The Morgan fingerprint density at radius 1 is 1.42 bits per heavy atom. The van der Waals surface area contributed by atoms with Crippen LogP contribution in [0.15, 0.2) is 18.2 Å². The molecule has 2 rings (SSSR count). The van der Waals surface area contributed by atoms with Crippen LogP contribution >= 0.6 is 0 Å². The standard InChI is InChI=1S/C16H23NO2/c1-3-17(10-13-5-4-6-13)11-15-9-14(12-18)7-8-16(15)19-2/h7-9,12-13H,3-6,10-11H2,1-2H3. The molecule has 1 saturated carbocycles. The summed E-state index contributed by atoms with van der Waals surface area (Å²) in [5, 5.41) is 0. The lowest BCUT2D eigenvalue weighted by Gasteiger charge is -2.32. The lowest BCUT2D eigenvalue weighted by atomic mass is 9.85. The van der Waals surface area contributed by atoms with Gasteiger partial charge in [0, 0.05) is 24.2 Å². The molecule has 0 radical (unpaired) electrons. The van der Waals surface area contributed by atoms with E-state index in [-0.39, 0.29) is 0 Å². The predicted molar refractivity (Wildman–Crippen MR) is 76.7 cm³/mol. The molecule has 0 atom stereocenters. The van der Waals surface area contributed by atoms with Gasteiger partial charge in [-0.1, -0.05) is 13.3 Å². The van der Waals surface area contributed by atoms with Crippen molar-refractivity contribution in [3.63, 3.8) is 0 Å². The number of ether oxygens (including phenoxy) is 1. The molecule has 1 aromatic rings. The summed E-state index contributed by atoms with van der Waals surface area (Å²) in [6.45, 7) is 5.24. The van der Waals surface area contributed by atoms with Crippen LogP contribution in [0.5, 0.6) is 5.75 Å². The largest absolute Gasteiger partial charge is 0.496 e. The zero-order chi connectivity index (χ0) is 13.7. The van der Waals surface area contributed by atoms with E-state index in [1.165, 1.54) is 19.3 Å². The van der Waals surface area contributed by atoms with Gasteiger partial charge in [0.15, 0.2) is 0 Å². The number of benzene rings is 1. The van der Waals surface area contributed by atoms with Crippen molar-refractivity contribution in [1.29, 1.82) is 0 Å². The summed E-state index contributed by atoms with van der Waals surface area (Å²) in [5.41, 5.74) is 1.82. The van der Waals surface area contributed by atoms with Gasteiger partial charge < -0.3 is 4.74 Å². The maximum Gasteiger partial charge on any atom is 0.150 e. The molecule has 0 N–H and O–H groups in total. The number of rotatable bonds is 7. The molecule has 0 amide bonds. The molecule has 3 heteroatoms. The molecule has 0 spiro atoms.